The third-order valence-electron chi connectivity index (χ3n) is 2.69. The molecular formula is C12H17ClF3NO3. The Kier molecular flexibility index (Phi) is 7.12. The zero-order valence-electron chi connectivity index (χ0n) is 11.0. The van der Waals surface area contributed by atoms with E-state index < -0.39 is 24.7 Å². The van der Waals surface area contributed by atoms with Crippen LogP contribution in [0.2, 0.25) is 0 Å². The van der Waals surface area contributed by atoms with Crippen LogP contribution in [-0.4, -0.2) is 31.5 Å². The summed E-state index contributed by atoms with van der Waals surface area (Å²) in [5.74, 6) is 0.534. The highest BCUT2D eigenvalue weighted by atomic mass is 35.5. The van der Waals surface area contributed by atoms with Crippen molar-refractivity contribution in [3.63, 3.8) is 0 Å². The van der Waals surface area contributed by atoms with E-state index in [0.717, 1.165) is 0 Å². The molecule has 0 aliphatic rings. The third kappa shape index (κ3) is 4.43. The van der Waals surface area contributed by atoms with Crippen LogP contribution in [-0.2, 0) is 0 Å². The number of nitrogens with two attached hydrogens (primary N) is 1. The molecule has 0 heterocycles. The minimum Gasteiger partial charge on any atom is -0.493 e. The molecule has 0 unspecified atom stereocenters. The molecule has 0 saturated heterocycles. The molecule has 0 aliphatic heterocycles. The quantitative estimate of drug-likeness (QED) is 0.876. The predicted octanol–water partition coefficient (Wildman–Crippen LogP) is 2.44. The fourth-order valence-corrected chi connectivity index (χ4v) is 1.68. The minimum absolute atomic E-state index is 0. The zero-order chi connectivity index (χ0) is 14.6. The molecule has 2 atom stereocenters. The van der Waals surface area contributed by atoms with Crippen LogP contribution < -0.4 is 15.2 Å². The molecule has 0 bridgehead atoms. The Morgan fingerprint density at radius 1 is 1.25 bits per heavy atom. The first-order valence-electron chi connectivity index (χ1n) is 5.52. The number of methoxy groups -OCH3 is 2. The largest absolute Gasteiger partial charge is 0.493 e. The van der Waals surface area contributed by atoms with Crippen LogP contribution in [0.1, 0.15) is 18.1 Å². The number of aliphatic hydroxyl groups excluding tert-OH is 1. The van der Waals surface area contributed by atoms with Gasteiger partial charge in [-0.2, -0.15) is 13.2 Å². The van der Waals surface area contributed by atoms with Crippen LogP contribution in [0.15, 0.2) is 18.2 Å². The molecule has 0 fully saturated rings. The first-order valence-corrected chi connectivity index (χ1v) is 5.52. The van der Waals surface area contributed by atoms with E-state index in [1.165, 1.54) is 20.3 Å². The summed E-state index contributed by atoms with van der Waals surface area (Å²) >= 11 is 0. The summed E-state index contributed by atoms with van der Waals surface area (Å²) in [7, 11) is 2.74. The topological polar surface area (TPSA) is 64.7 Å². The van der Waals surface area contributed by atoms with Gasteiger partial charge < -0.3 is 20.3 Å². The summed E-state index contributed by atoms with van der Waals surface area (Å²) in [5.41, 5.74) is 5.20. The highest BCUT2D eigenvalue weighted by molar-refractivity contribution is 5.85. The maximum absolute atomic E-state index is 12.4. The Labute approximate surface area is 121 Å². The Hall–Kier alpha value is -1.18. The van der Waals surface area contributed by atoms with Gasteiger partial charge in [0.2, 0.25) is 0 Å². The average molecular weight is 316 g/mol. The van der Waals surface area contributed by atoms with Crippen molar-refractivity contribution in [2.75, 3.05) is 14.2 Å². The SMILES string of the molecule is COc1cccc([C@H](O)C[C@H](N)C(F)(F)F)c1OC.Cl. The number of para-hydroxylation sites is 1. The number of benzene rings is 1. The molecule has 1 rings (SSSR count). The van der Waals surface area contributed by atoms with Crippen molar-refractivity contribution in [2.24, 2.45) is 5.73 Å². The van der Waals surface area contributed by atoms with Crippen molar-refractivity contribution < 1.29 is 27.8 Å². The third-order valence-corrected chi connectivity index (χ3v) is 2.69. The van der Waals surface area contributed by atoms with Gasteiger partial charge >= 0.3 is 6.18 Å². The van der Waals surface area contributed by atoms with Crippen molar-refractivity contribution >= 4 is 12.4 Å². The van der Waals surface area contributed by atoms with Crippen LogP contribution in [0.4, 0.5) is 13.2 Å². The van der Waals surface area contributed by atoms with Crippen molar-refractivity contribution in [3.8, 4) is 11.5 Å². The summed E-state index contributed by atoms with van der Waals surface area (Å²) < 4.78 is 47.1. The second-order valence-electron chi connectivity index (χ2n) is 3.98. The molecule has 20 heavy (non-hydrogen) atoms. The summed E-state index contributed by atoms with van der Waals surface area (Å²) in [6.07, 6.45) is -6.58. The van der Waals surface area contributed by atoms with Crippen LogP contribution in [0.25, 0.3) is 0 Å². The van der Waals surface area contributed by atoms with Gasteiger partial charge in [0.1, 0.15) is 6.04 Å². The smallest absolute Gasteiger partial charge is 0.403 e. The highest BCUT2D eigenvalue weighted by Crippen LogP contribution is 2.37. The first-order chi connectivity index (χ1) is 8.81. The lowest BCUT2D eigenvalue weighted by atomic mass is 10.0. The summed E-state index contributed by atoms with van der Waals surface area (Å²) in [6, 6.07) is 2.51. The van der Waals surface area contributed by atoms with Crippen LogP contribution in [0, 0.1) is 0 Å². The van der Waals surface area contributed by atoms with Gasteiger partial charge in [-0.3, -0.25) is 0 Å². The minimum atomic E-state index is -4.55. The molecule has 0 aromatic heterocycles. The van der Waals surface area contributed by atoms with E-state index in [1.807, 2.05) is 0 Å². The lowest BCUT2D eigenvalue weighted by Crippen LogP contribution is -2.38. The summed E-state index contributed by atoms with van der Waals surface area (Å²) in [4.78, 5) is 0. The zero-order valence-corrected chi connectivity index (χ0v) is 11.8. The van der Waals surface area contributed by atoms with Gasteiger partial charge in [0, 0.05) is 12.0 Å². The van der Waals surface area contributed by atoms with Gasteiger partial charge in [-0.15, -0.1) is 12.4 Å². The Morgan fingerprint density at radius 2 is 1.85 bits per heavy atom. The molecular weight excluding hydrogens is 299 g/mol. The fourth-order valence-electron chi connectivity index (χ4n) is 1.68. The Bertz CT molecular complexity index is 429. The predicted molar refractivity (Wildman–Crippen MR) is 70.4 cm³/mol. The molecule has 0 aliphatic carbocycles. The van der Waals surface area contributed by atoms with E-state index in [9.17, 15) is 18.3 Å². The molecule has 4 nitrogen and oxygen atoms in total. The van der Waals surface area contributed by atoms with Crippen LogP contribution in [0.3, 0.4) is 0 Å². The van der Waals surface area contributed by atoms with Gasteiger partial charge in [0.15, 0.2) is 11.5 Å². The van der Waals surface area contributed by atoms with E-state index >= 15 is 0 Å². The van der Waals surface area contributed by atoms with Gasteiger partial charge in [0.25, 0.3) is 0 Å². The van der Waals surface area contributed by atoms with E-state index in [4.69, 9.17) is 15.2 Å². The molecule has 3 N–H and O–H groups in total. The molecule has 116 valence electrons. The van der Waals surface area contributed by atoms with Gasteiger partial charge in [0.05, 0.1) is 20.3 Å². The van der Waals surface area contributed by atoms with Crippen LogP contribution >= 0.6 is 12.4 Å². The van der Waals surface area contributed by atoms with E-state index in [-0.39, 0.29) is 23.7 Å². The fraction of sp³-hybridized carbons (Fsp3) is 0.500. The second kappa shape index (κ2) is 7.56. The van der Waals surface area contributed by atoms with Crippen molar-refractivity contribution in [2.45, 2.75) is 24.7 Å². The average Bonchev–Trinajstić information content (AvgIpc) is 2.36. The van der Waals surface area contributed by atoms with Crippen LogP contribution in [0.5, 0.6) is 11.5 Å². The molecule has 0 saturated carbocycles. The van der Waals surface area contributed by atoms with Crippen molar-refractivity contribution in [3.05, 3.63) is 23.8 Å². The maximum atomic E-state index is 12.4. The van der Waals surface area contributed by atoms with E-state index in [1.54, 1.807) is 12.1 Å². The second-order valence-corrected chi connectivity index (χ2v) is 3.98. The number of alkyl halides is 3. The van der Waals surface area contributed by atoms with E-state index in [0.29, 0.717) is 5.75 Å². The highest BCUT2D eigenvalue weighted by Gasteiger charge is 2.38. The Morgan fingerprint density at radius 3 is 2.30 bits per heavy atom. The lowest BCUT2D eigenvalue weighted by Gasteiger charge is -2.21. The lowest BCUT2D eigenvalue weighted by molar-refractivity contribution is -0.153. The Balaban J connectivity index is 0.00000361. The number of ether oxygens (including phenoxy) is 2. The first kappa shape index (κ1) is 18.8. The van der Waals surface area contributed by atoms with Crippen molar-refractivity contribution in [1.29, 1.82) is 0 Å². The van der Waals surface area contributed by atoms with Gasteiger partial charge in [-0.1, -0.05) is 12.1 Å². The molecule has 0 amide bonds. The number of hydrogen-bond acceptors (Lipinski definition) is 4. The normalized spacial score (nSPS) is 14.2. The molecule has 8 heteroatoms. The number of rotatable bonds is 5. The molecule has 0 radical (unpaired) electrons. The van der Waals surface area contributed by atoms with E-state index in [2.05, 4.69) is 0 Å². The number of aliphatic hydroxyl groups is 1. The van der Waals surface area contributed by atoms with Crippen molar-refractivity contribution in [1.82, 2.24) is 0 Å². The summed E-state index contributed by atoms with van der Waals surface area (Å²) in [5, 5.41) is 9.87. The monoisotopic (exact) mass is 315 g/mol. The molecule has 0 spiro atoms. The number of halogens is 4. The molecule has 1 aromatic rings. The van der Waals surface area contributed by atoms with Gasteiger partial charge in [-0.25, -0.2) is 0 Å². The standard InChI is InChI=1S/C12H16F3NO3.ClH/c1-18-9-5-3-4-7(11(9)19-2)8(17)6-10(16)12(13,14)15;/h3-5,8,10,17H,6,16H2,1-2H3;1H/t8-,10+;/m1./s1. The summed E-state index contributed by atoms with van der Waals surface area (Å²) in [6.45, 7) is 0. The molecule has 1 aromatic carbocycles. The maximum Gasteiger partial charge on any atom is 0.403 e. The van der Waals surface area contributed by atoms with Gasteiger partial charge in [-0.05, 0) is 6.07 Å². The number of hydrogen-bond donors (Lipinski definition) is 2.